The number of rotatable bonds is 11. The summed E-state index contributed by atoms with van der Waals surface area (Å²) >= 11 is 0. The Morgan fingerprint density at radius 3 is 2.62 bits per heavy atom. The lowest BCUT2D eigenvalue weighted by Crippen LogP contribution is -2.32. The molecule has 0 aliphatic rings. The molecule has 8 nitrogen and oxygen atoms in total. The van der Waals surface area contributed by atoms with Gasteiger partial charge in [-0.25, -0.2) is 4.98 Å². The van der Waals surface area contributed by atoms with E-state index in [-0.39, 0.29) is 17.7 Å². The van der Waals surface area contributed by atoms with Crippen LogP contribution in [0.1, 0.15) is 32.8 Å². The molecule has 1 heterocycles. The first kappa shape index (κ1) is 22.6. The van der Waals surface area contributed by atoms with Gasteiger partial charge in [0.25, 0.3) is 5.69 Å². The molecule has 1 aromatic carbocycles. The topological polar surface area (TPSA) is 110 Å². The van der Waals surface area contributed by atoms with Crippen LogP contribution in [-0.4, -0.2) is 47.4 Å². The van der Waals surface area contributed by atoms with Crippen LogP contribution < -0.4 is 15.4 Å². The maximum absolute atomic E-state index is 10.6. The number of nitrogens with one attached hydrogen (secondary N) is 2. The Balaban J connectivity index is 1.62. The van der Waals surface area contributed by atoms with E-state index in [2.05, 4.69) is 36.4 Å². The van der Waals surface area contributed by atoms with Gasteiger partial charge in [0.15, 0.2) is 0 Å². The van der Waals surface area contributed by atoms with Gasteiger partial charge in [-0.2, -0.15) is 0 Å². The molecule has 2 rings (SSSR count). The van der Waals surface area contributed by atoms with Crippen LogP contribution in [0.25, 0.3) is 0 Å². The molecule has 0 aliphatic carbocycles. The first-order valence-electron chi connectivity index (χ1n) is 9.73. The number of para-hydroxylation sites is 1. The fourth-order valence-corrected chi connectivity index (χ4v) is 2.75. The average Bonchev–Trinajstić information content (AvgIpc) is 2.69. The smallest absolute Gasteiger partial charge is 0.287 e. The summed E-state index contributed by atoms with van der Waals surface area (Å²) in [6, 6.07) is 10.9. The molecule has 0 radical (unpaired) electrons. The molecule has 1 aromatic heterocycles. The van der Waals surface area contributed by atoms with Crippen molar-refractivity contribution in [3.63, 3.8) is 0 Å². The molecule has 0 bridgehead atoms. The van der Waals surface area contributed by atoms with Crippen LogP contribution in [-0.2, 0) is 5.41 Å². The summed E-state index contributed by atoms with van der Waals surface area (Å²) < 4.78 is 5.83. The summed E-state index contributed by atoms with van der Waals surface area (Å²) in [4.78, 5) is 14.1. The van der Waals surface area contributed by atoms with E-state index < -0.39 is 11.0 Å². The summed E-state index contributed by atoms with van der Waals surface area (Å²) in [6.07, 6.45) is 1.45. The number of anilines is 1. The molecule has 0 amide bonds. The molecular weight excluding hydrogens is 372 g/mol. The number of aromatic nitrogens is 1. The van der Waals surface area contributed by atoms with Gasteiger partial charge in [-0.3, -0.25) is 10.1 Å². The molecule has 0 spiro atoms. The van der Waals surface area contributed by atoms with Gasteiger partial charge in [0.1, 0.15) is 30.5 Å². The van der Waals surface area contributed by atoms with E-state index in [1.807, 2.05) is 24.3 Å². The third-order valence-corrected chi connectivity index (χ3v) is 4.30. The highest BCUT2D eigenvalue weighted by atomic mass is 16.6. The first-order chi connectivity index (χ1) is 13.8. The van der Waals surface area contributed by atoms with Crippen LogP contribution in [0.2, 0.25) is 0 Å². The maximum atomic E-state index is 10.6. The molecule has 0 aliphatic heterocycles. The Morgan fingerprint density at radius 2 is 1.97 bits per heavy atom. The van der Waals surface area contributed by atoms with Gasteiger partial charge >= 0.3 is 0 Å². The second-order valence-corrected chi connectivity index (χ2v) is 7.85. The Labute approximate surface area is 171 Å². The number of benzene rings is 1. The third kappa shape index (κ3) is 7.67. The van der Waals surface area contributed by atoms with Gasteiger partial charge in [0, 0.05) is 19.2 Å². The third-order valence-electron chi connectivity index (χ3n) is 4.30. The van der Waals surface area contributed by atoms with Crippen molar-refractivity contribution in [3.05, 3.63) is 58.3 Å². The van der Waals surface area contributed by atoms with E-state index in [0.29, 0.717) is 18.9 Å². The molecule has 3 N–H and O–H groups in total. The largest absolute Gasteiger partial charge is 0.491 e. The minimum atomic E-state index is -0.604. The van der Waals surface area contributed by atoms with Gasteiger partial charge in [0.05, 0.1) is 4.92 Å². The molecule has 0 saturated carbocycles. The number of hydrogen-bond donors (Lipinski definition) is 3. The zero-order chi connectivity index (χ0) is 21.3. The Hall–Kier alpha value is -2.71. The molecule has 158 valence electrons. The van der Waals surface area contributed by atoms with Crippen molar-refractivity contribution in [2.45, 2.75) is 38.7 Å². The monoisotopic (exact) mass is 402 g/mol. The molecule has 1 unspecified atom stereocenters. The number of hydrogen-bond acceptors (Lipinski definition) is 7. The van der Waals surface area contributed by atoms with Crippen molar-refractivity contribution in [2.75, 3.05) is 31.6 Å². The minimum Gasteiger partial charge on any atom is -0.491 e. The van der Waals surface area contributed by atoms with E-state index in [1.54, 1.807) is 6.07 Å². The summed E-state index contributed by atoms with van der Waals surface area (Å²) in [5, 5.41) is 27.0. The number of nitro groups is 1. The second-order valence-electron chi connectivity index (χ2n) is 7.85. The molecule has 1 atom stereocenters. The van der Waals surface area contributed by atoms with Crippen LogP contribution in [0.15, 0.2) is 42.6 Å². The molecule has 0 saturated heterocycles. The van der Waals surface area contributed by atoms with Gasteiger partial charge in [-0.15, -0.1) is 0 Å². The summed E-state index contributed by atoms with van der Waals surface area (Å²) in [7, 11) is 0. The van der Waals surface area contributed by atoms with Crippen molar-refractivity contribution in [1.82, 2.24) is 10.3 Å². The van der Waals surface area contributed by atoms with Crippen molar-refractivity contribution in [3.8, 4) is 5.75 Å². The predicted molar refractivity (Wildman–Crippen MR) is 114 cm³/mol. The Bertz CT molecular complexity index is 775. The number of pyridine rings is 1. The fraction of sp³-hybridized carbons (Fsp3) is 0.476. The molecule has 2 aromatic rings. The number of ether oxygens (including phenoxy) is 1. The SMILES string of the molecule is CC(C)(C)c1ccccc1OCC(O)CNCCCNc1ccc([N+](=O)[O-])cn1. The van der Waals surface area contributed by atoms with Gasteiger partial charge in [-0.05, 0) is 36.1 Å². The van der Waals surface area contributed by atoms with Gasteiger partial charge in [0.2, 0.25) is 0 Å². The zero-order valence-electron chi connectivity index (χ0n) is 17.2. The van der Waals surface area contributed by atoms with Gasteiger partial charge < -0.3 is 20.5 Å². The van der Waals surface area contributed by atoms with Crippen LogP contribution in [0.4, 0.5) is 11.5 Å². The average molecular weight is 402 g/mol. The lowest BCUT2D eigenvalue weighted by atomic mass is 9.86. The second kappa shape index (κ2) is 10.7. The van der Waals surface area contributed by atoms with Crippen molar-refractivity contribution in [1.29, 1.82) is 0 Å². The first-order valence-corrected chi connectivity index (χ1v) is 9.73. The maximum Gasteiger partial charge on any atom is 0.287 e. The van der Waals surface area contributed by atoms with E-state index in [0.717, 1.165) is 24.3 Å². The Kier molecular flexibility index (Phi) is 8.35. The molecule has 8 heteroatoms. The number of nitrogens with zero attached hydrogens (tertiary/aromatic N) is 2. The highest BCUT2D eigenvalue weighted by Crippen LogP contribution is 2.30. The van der Waals surface area contributed by atoms with Crippen molar-refractivity contribution in [2.24, 2.45) is 0 Å². The van der Waals surface area contributed by atoms with Crippen LogP contribution in [0.3, 0.4) is 0 Å². The molecule has 0 fully saturated rings. The van der Waals surface area contributed by atoms with E-state index in [1.165, 1.54) is 12.3 Å². The minimum absolute atomic E-state index is 0.0225. The van der Waals surface area contributed by atoms with Crippen molar-refractivity contribution < 1.29 is 14.8 Å². The number of aliphatic hydroxyl groups excluding tert-OH is 1. The van der Waals surface area contributed by atoms with E-state index >= 15 is 0 Å². The highest BCUT2D eigenvalue weighted by molar-refractivity contribution is 5.40. The predicted octanol–water partition coefficient (Wildman–Crippen LogP) is 3.12. The normalized spacial score (nSPS) is 12.4. The van der Waals surface area contributed by atoms with Crippen molar-refractivity contribution >= 4 is 11.5 Å². The van der Waals surface area contributed by atoms with Crippen LogP contribution in [0.5, 0.6) is 5.75 Å². The Morgan fingerprint density at radius 1 is 1.21 bits per heavy atom. The zero-order valence-corrected chi connectivity index (χ0v) is 17.2. The van der Waals surface area contributed by atoms with Gasteiger partial charge in [-0.1, -0.05) is 39.0 Å². The molecular formula is C21H30N4O4. The summed E-state index contributed by atoms with van der Waals surface area (Å²) in [5.74, 6) is 1.40. The standard InChI is InChI=1S/C21H30N4O4/c1-21(2,3)18-7-4-5-8-19(18)29-15-17(26)14-22-11-6-12-23-20-10-9-16(13-24-20)25(27)28/h4-5,7-10,13,17,22,26H,6,11-12,14-15H2,1-3H3,(H,23,24). The molecule has 29 heavy (non-hydrogen) atoms. The summed E-state index contributed by atoms with van der Waals surface area (Å²) in [6.45, 7) is 8.45. The quantitative estimate of drug-likeness (QED) is 0.301. The highest BCUT2D eigenvalue weighted by Gasteiger charge is 2.18. The summed E-state index contributed by atoms with van der Waals surface area (Å²) in [5.41, 5.74) is 1.07. The van der Waals surface area contributed by atoms with E-state index in [9.17, 15) is 15.2 Å². The lowest BCUT2D eigenvalue weighted by molar-refractivity contribution is -0.385. The van der Waals surface area contributed by atoms with Crippen LogP contribution >= 0.6 is 0 Å². The van der Waals surface area contributed by atoms with E-state index in [4.69, 9.17) is 4.74 Å². The fourth-order valence-electron chi connectivity index (χ4n) is 2.75. The lowest BCUT2D eigenvalue weighted by Gasteiger charge is -2.23. The van der Waals surface area contributed by atoms with Crippen LogP contribution in [0, 0.1) is 10.1 Å². The number of aliphatic hydroxyl groups is 1.